The number of aliphatic imine (C=N–C) groups is 1. The second kappa shape index (κ2) is 11.8. The summed E-state index contributed by atoms with van der Waals surface area (Å²) in [6.45, 7) is 7.63. The smallest absolute Gasteiger partial charge is 0.246 e. The van der Waals surface area contributed by atoms with Gasteiger partial charge in [0.05, 0.1) is 0 Å². The Morgan fingerprint density at radius 3 is 2.75 bits per heavy atom. The lowest BCUT2D eigenvalue weighted by molar-refractivity contribution is -0.133. The number of benzene rings is 1. The summed E-state index contributed by atoms with van der Waals surface area (Å²) in [5.41, 5.74) is 0.395. The van der Waals surface area contributed by atoms with E-state index in [2.05, 4.69) is 20.9 Å². The van der Waals surface area contributed by atoms with Crippen LogP contribution >= 0.6 is 24.0 Å². The first-order valence-electron chi connectivity index (χ1n) is 9.28. The molecular weight excluding hydrogens is 476 g/mol. The number of anilines is 1. The van der Waals surface area contributed by atoms with E-state index in [0.29, 0.717) is 31.3 Å². The fraction of sp³-hybridized carbons (Fsp3) is 0.526. The summed E-state index contributed by atoms with van der Waals surface area (Å²) in [4.78, 5) is 30.3. The molecule has 1 fully saturated rings. The number of carbonyl (C=O) groups excluding carboxylic acids is 2. The zero-order valence-corrected chi connectivity index (χ0v) is 18.8. The Balaban J connectivity index is 0.00000392. The van der Waals surface area contributed by atoms with E-state index in [1.165, 1.54) is 18.2 Å². The van der Waals surface area contributed by atoms with Crippen LogP contribution in [-0.2, 0) is 9.59 Å². The van der Waals surface area contributed by atoms with Crippen LogP contribution < -0.4 is 16.0 Å². The van der Waals surface area contributed by atoms with Crippen LogP contribution in [0.15, 0.2) is 29.3 Å². The molecule has 1 aliphatic heterocycles. The molecule has 1 unspecified atom stereocenters. The highest BCUT2D eigenvalue weighted by Crippen LogP contribution is 2.13. The minimum atomic E-state index is -0.409. The Kier molecular flexibility index (Phi) is 10.2. The highest BCUT2D eigenvalue weighted by atomic mass is 127. The first kappa shape index (κ1) is 24.1. The van der Waals surface area contributed by atoms with Crippen LogP contribution in [0.4, 0.5) is 10.1 Å². The predicted octanol–water partition coefficient (Wildman–Crippen LogP) is 2.19. The van der Waals surface area contributed by atoms with Gasteiger partial charge in [-0.05, 0) is 31.5 Å². The van der Waals surface area contributed by atoms with Crippen LogP contribution in [-0.4, -0.2) is 54.9 Å². The Labute approximate surface area is 182 Å². The summed E-state index contributed by atoms with van der Waals surface area (Å²) >= 11 is 0. The van der Waals surface area contributed by atoms with E-state index in [0.717, 1.165) is 6.42 Å². The van der Waals surface area contributed by atoms with E-state index in [9.17, 15) is 14.0 Å². The Hall–Kier alpha value is -1.91. The second-order valence-corrected chi connectivity index (χ2v) is 6.82. The van der Waals surface area contributed by atoms with Crippen LogP contribution in [0, 0.1) is 11.7 Å². The van der Waals surface area contributed by atoms with Crippen LogP contribution in [0.3, 0.4) is 0 Å². The van der Waals surface area contributed by atoms with Gasteiger partial charge in [0.2, 0.25) is 11.8 Å². The SMILES string of the molecule is CCNC(=NCC(=O)Nc1cccc(F)c1)NC1CCN(C(=O)C(C)C)C1.I. The number of hydrogen-bond acceptors (Lipinski definition) is 3. The molecule has 0 saturated carbocycles. The molecule has 1 atom stereocenters. The summed E-state index contributed by atoms with van der Waals surface area (Å²) in [6.07, 6.45) is 0.832. The fourth-order valence-electron chi connectivity index (χ4n) is 2.87. The number of rotatable bonds is 6. The van der Waals surface area contributed by atoms with Gasteiger partial charge < -0.3 is 20.9 Å². The van der Waals surface area contributed by atoms with Crippen LogP contribution in [0.1, 0.15) is 27.2 Å². The van der Waals surface area contributed by atoms with Gasteiger partial charge in [-0.15, -0.1) is 24.0 Å². The molecular formula is C19H29FIN5O2. The van der Waals surface area contributed by atoms with E-state index < -0.39 is 5.82 Å². The molecule has 1 aromatic rings. The predicted molar refractivity (Wildman–Crippen MR) is 119 cm³/mol. The Morgan fingerprint density at radius 2 is 2.11 bits per heavy atom. The first-order chi connectivity index (χ1) is 12.9. The Morgan fingerprint density at radius 1 is 1.36 bits per heavy atom. The highest BCUT2D eigenvalue weighted by molar-refractivity contribution is 14.0. The molecule has 2 rings (SSSR count). The van der Waals surface area contributed by atoms with Crippen molar-refractivity contribution in [2.24, 2.45) is 10.9 Å². The summed E-state index contributed by atoms with van der Waals surface area (Å²) in [6, 6.07) is 5.81. The molecule has 0 aliphatic carbocycles. The molecule has 1 aliphatic rings. The molecule has 0 aromatic heterocycles. The molecule has 0 bridgehead atoms. The van der Waals surface area contributed by atoms with Crippen molar-refractivity contribution in [3.05, 3.63) is 30.1 Å². The summed E-state index contributed by atoms with van der Waals surface area (Å²) in [5.74, 6) is -0.0856. The van der Waals surface area contributed by atoms with Gasteiger partial charge in [0, 0.05) is 37.3 Å². The van der Waals surface area contributed by atoms with E-state index in [1.54, 1.807) is 6.07 Å². The molecule has 156 valence electrons. The number of amides is 2. The van der Waals surface area contributed by atoms with Crippen molar-refractivity contribution in [1.29, 1.82) is 0 Å². The highest BCUT2D eigenvalue weighted by Gasteiger charge is 2.27. The topological polar surface area (TPSA) is 85.8 Å². The monoisotopic (exact) mass is 505 g/mol. The number of likely N-dealkylation sites (tertiary alicyclic amines) is 1. The average Bonchev–Trinajstić information content (AvgIpc) is 3.07. The van der Waals surface area contributed by atoms with Gasteiger partial charge in [-0.25, -0.2) is 9.38 Å². The van der Waals surface area contributed by atoms with E-state index >= 15 is 0 Å². The van der Waals surface area contributed by atoms with E-state index in [4.69, 9.17) is 0 Å². The Bertz CT molecular complexity index is 699. The third kappa shape index (κ3) is 7.61. The van der Waals surface area contributed by atoms with E-state index in [-0.39, 0.29) is 54.3 Å². The number of halogens is 2. The van der Waals surface area contributed by atoms with Gasteiger partial charge >= 0.3 is 0 Å². The summed E-state index contributed by atoms with van der Waals surface area (Å²) < 4.78 is 13.2. The summed E-state index contributed by atoms with van der Waals surface area (Å²) in [5, 5.41) is 8.99. The zero-order chi connectivity index (χ0) is 19.8. The van der Waals surface area contributed by atoms with Crippen molar-refractivity contribution in [2.45, 2.75) is 33.2 Å². The number of nitrogens with zero attached hydrogens (tertiary/aromatic N) is 2. The molecule has 9 heteroatoms. The van der Waals surface area contributed by atoms with Crippen LogP contribution in [0.5, 0.6) is 0 Å². The van der Waals surface area contributed by atoms with Crippen molar-refractivity contribution in [2.75, 3.05) is 31.5 Å². The number of guanidine groups is 1. The maximum Gasteiger partial charge on any atom is 0.246 e. The van der Waals surface area contributed by atoms with Crippen molar-refractivity contribution in [3.63, 3.8) is 0 Å². The third-order valence-corrected chi connectivity index (χ3v) is 4.17. The van der Waals surface area contributed by atoms with Crippen molar-refractivity contribution in [3.8, 4) is 0 Å². The molecule has 1 saturated heterocycles. The van der Waals surface area contributed by atoms with Crippen molar-refractivity contribution in [1.82, 2.24) is 15.5 Å². The lowest BCUT2D eigenvalue weighted by Crippen LogP contribution is -2.45. The van der Waals surface area contributed by atoms with Gasteiger partial charge in [0.25, 0.3) is 0 Å². The van der Waals surface area contributed by atoms with Crippen LogP contribution in [0.2, 0.25) is 0 Å². The van der Waals surface area contributed by atoms with Crippen molar-refractivity contribution >= 4 is 47.4 Å². The molecule has 1 aromatic carbocycles. The fourth-order valence-corrected chi connectivity index (χ4v) is 2.87. The van der Waals surface area contributed by atoms with Gasteiger partial charge in [-0.2, -0.15) is 0 Å². The lowest BCUT2D eigenvalue weighted by atomic mass is 10.2. The summed E-state index contributed by atoms with van der Waals surface area (Å²) in [7, 11) is 0. The molecule has 3 N–H and O–H groups in total. The number of nitrogens with one attached hydrogen (secondary N) is 3. The standard InChI is InChI=1S/C19H28FN5O2.HI/c1-4-21-19(24-16-8-9-25(12-16)18(27)13(2)3)22-11-17(26)23-15-7-5-6-14(20)10-15;/h5-7,10,13,16H,4,8-9,11-12H2,1-3H3,(H,23,26)(H2,21,22,24);1H. The first-order valence-corrected chi connectivity index (χ1v) is 9.28. The normalized spacial score (nSPS) is 16.5. The quantitative estimate of drug-likeness (QED) is 0.315. The molecule has 1 heterocycles. The van der Waals surface area contributed by atoms with E-state index in [1.807, 2.05) is 25.7 Å². The molecule has 7 nitrogen and oxygen atoms in total. The average molecular weight is 505 g/mol. The lowest BCUT2D eigenvalue weighted by Gasteiger charge is -2.20. The third-order valence-electron chi connectivity index (χ3n) is 4.17. The minimum absolute atomic E-state index is 0. The molecule has 2 amide bonds. The molecule has 0 spiro atoms. The molecule has 0 radical (unpaired) electrons. The van der Waals surface area contributed by atoms with Gasteiger partial charge in [-0.3, -0.25) is 9.59 Å². The van der Waals surface area contributed by atoms with Gasteiger partial charge in [-0.1, -0.05) is 19.9 Å². The van der Waals surface area contributed by atoms with Crippen LogP contribution in [0.25, 0.3) is 0 Å². The van der Waals surface area contributed by atoms with Gasteiger partial charge in [0.15, 0.2) is 5.96 Å². The molecule has 28 heavy (non-hydrogen) atoms. The number of carbonyl (C=O) groups is 2. The second-order valence-electron chi connectivity index (χ2n) is 6.82. The van der Waals surface area contributed by atoms with Crippen molar-refractivity contribution < 1.29 is 14.0 Å². The maximum atomic E-state index is 13.2. The zero-order valence-electron chi connectivity index (χ0n) is 16.5. The number of hydrogen-bond donors (Lipinski definition) is 3. The minimum Gasteiger partial charge on any atom is -0.357 e. The maximum absolute atomic E-state index is 13.2. The van der Waals surface area contributed by atoms with Gasteiger partial charge in [0.1, 0.15) is 12.4 Å². The largest absolute Gasteiger partial charge is 0.357 e.